The SMILES string of the molecule is CC=CCCC1CCC(c2ccc(-c3ccc(-c4ccc(OCCCC)c(F)c4F)cc3)cc2F)CC1. The lowest BCUT2D eigenvalue weighted by Gasteiger charge is -2.29. The summed E-state index contributed by atoms with van der Waals surface area (Å²) in [5.41, 5.74) is 3.16. The van der Waals surface area contributed by atoms with Crippen molar-refractivity contribution >= 4 is 0 Å². The van der Waals surface area contributed by atoms with Crippen LogP contribution >= 0.6 is 0 Å². The van der Waals surface area contributed by atoms with Gasteiger partial charge < -0.3 is 4.74 Å². The molecule has 196 valence electrons. The van der Waals surface area contributed by atoms with Gasteiger partial charge in [0.05, 0.1) is 6.61 Å². The molecule has 0 N–H and O–H groups in total. The maximum absolute atomic E-state index is 15.1. The van der Waals surface area contributed by atoms with Crippen molar-refractivity contribution in [2.45, 2.75) is 71.1 Å². The van der Waals surface area contributed by atoms with Crippen molar-refractivity contribution in [3.8, 4) is 28.0 Å². The van der Waals surface area contributed by atoms with Gasteiger partial charge in [-0.2, -0.15) is 4.39 Å². The van der Waals surface area contributed by atoms with E-state index in [1.54, 1.807) is 24.3 Å². The molecule has 1 fully saturated rings. The highest BCUT2D eigenvalue weighted by Crippen LogP contribution is 2.39. The van der Waals surface area contributed by atoms with Crippen molar-refractivity contribution in [3.63, 3.8) is 0 Å². The molecule has 4 heteroatoms. The molecule has 0 unspecified atom stereocenters. The van der Waals surface area contributed by atoms with Crippen molar-refractivity contribution in [2.24, 2.45) is 5.92 Å². The molecule has 0 heterocycles. The first-order valence-electron chi connectivity index (χ1n) is 13.6. The molecule has 3 aromatic carbocycles. The highest BCUT2D eigenvalue weighted by molar-refractivity contribution is 5.71. The minimum atomic E-state index is -0.970. The summed E-state index contributed by atoms with van der Waals surface area (Å²) in [6.45, 7) is 4.42. The lowest BCUT2D eigenvalue weighted by atomic mass is 9.77. The van der Waals surface area contributed by atoms with Crippen LogP contribution in [-0.2, 0) is 0 Å². The highest BCUT2D eigenvalue weighted by Gasteiger charge is 2.24. The predicted octanol–water partition coefficient (Wildman–Crippen LogP) is 10.2. The Labute approximate surface area is 219 Å². The highest BCUT2D eigenvalue weighted by atomic mass is 19.2. The third-order valence-electron chi connectivity index (χ3n) is 7.60. The molecule has 4 rings (SSSR count). The zero-order valence-corrected chi connectivity index (χ0v) is 21.9. The van der Waals surface area contributed by atoms with Crippen molar-refractivity contribution in [3.05, 3.63) is 89.8 Å². The first-order chi connectivity index (χ1) is 18.0. The van der Waals surface area contributed by atoms with Crippen LogP contribution in [0.25, 0.3) is 22.3 Å². The molecule has 0 amide bonds. The topological polar surface area (TPSA) is 9.23 Å². The Kier molecular flexibility index (Phi) is 9.49. The van der Waals surface area contributed by atoms with E-state index in [1.807, 2.05) is 31.2 Å². The number of rotatable bonds is 10. The molecule has 0 atom stereocenters. The molecular weight excluding hydrogens is 469 g/mol. The maximum Gasteiger partial charge on any atom is 0.201 e. The van der Waals surface area contributed by atoms with Crippen molar-refractivity contribution in [1.82, 2.24) is 0 Å². The number of benzene rings is 3. The summed E-state index contributed by atoms with van der Waals surface area (Å²) in [6, 6.07) is 15.6. The molecule has 0 radical (unpaired) electrons. The second-order valence-electron chi connectivity index (χ2n) is 10.1. The van der Waals surface area contributed by atoms with Gasteiger partial charge in [-0.3, -0.25) is 0 Å². The molecule has 0 aromatic heterocycles. The van der Waals surface area contributed by atoms with Gasteiger partial charge in [0.1, 0.15) is 5.82 Å². The molecule has 0 bridgehead atoms. The van der Waals surface area contributed by atoms with Crippen LogP contribution in [-0.4, -0.2) is 6.61 Å². The standard InChI is InChI=1S/C33H37F3O/c1-3-5-7-8-23-9-11-25(12-10-23)28-18-17-27(22-30(28)34)24-13-15-26(16-14-24)29-19-20-31(33(36)32(29)35)37-21-6-4-2/h3,5,13-20,22-23,25H,4,6-12,21H2,1-2H3. The molecule has 1 nitrogen and oxygen atoms in total. The van der Waals surface area contributed by atoms with Gasteiger partial charge in [-0.25, -0.2) is 8.78 Å². The zero-order valence-electron chi connectivity index (χ0n) is 21.9. The van der Waals surface area contributed by atoms with Crippen LogP contribution in [0.2, 0.25) is 0 Å². The summed E-state index contributed by atoms with van der Waals surface area (Å²) in [6.07, 6.45) is 12.8. The second-order valence-corrected chi connectivity index (χ2v) is 10.1. The lowest BCUT2D eigenvalue weighted by molar-refractivity contribution is 0.289. The minimum absolute atomic E-state index is 0.0657. The van der Waals surface area contributed by atoms with Crippen molar-refractivity contribution in [2.75, 3.05) is 6.61 Å². The van der Waals surface area contributed by atoms with Gasteiger partial charge >= 0.3 is 0 Å². The third kappa shape index (κ3) is 6.66. The van der Waals surface area contributed by atoms with Crippen LogP contribution in [0.15, 0.2) is 66.7 Å². The number of allylic oxidation sites excluding steroid dienone is 2. The Morgan fingerprint density at radius 1 is 0.838 bits per heavy atom. The van der Waals surface area contributed by atoms with Gasteiger partial charge in [0.2, 0.25) is 5.82 Å². The maximum atomic E-state index is 15.1. The van der Waals surface area contributed by atoms with E-state index in [9.17, 15) is 8.78 Å². The van der Waals surface area contributed by atoms with E-state index in [0.717, 1.165) is 67.6 Å². The Morgan fingerprint density at radius 3 is 2.22 bits per heavy atom. The fourth-order valence-electron chi connectivity index (χ4n) is 5.33. The van der Waals surface area contributed by atoms with Gasteiger partial charge in [0, 0.05) is 5.56 Å². The molecule has 0 saturated heterocycles. The van der Waals surface area contributed by atoms with E-state index in [-0.39, 0.29) is 23.0 Å². The van der Waals surface area contributed by atoms with Crippen molar-refractivity contribution in [1.29, 1.82) is 0 Å². The van der Waals surface area contributed by atoms with Gasteiger partial charge in [0.15, 0.2) is 11.6 Å². The molecule has 1 aliphatic rings. The summed E-state index contributed by atoms with van der Waals surface area (Å²) in [5.74, 6) is -1.09. The Hall–Kier alpha value is -3.01. The summed E-state index contributed by atoms with van der Waals surface area (Å²) in [7, 11) is 0. The lowest BCUT2D eigenvalue weighted by Crippen LogP contribution is -2.14. The Balaban J connectivity index is 1.43. The number of halogens is 3. The fourth-order valence-corrected chi connectivity index (χ4v) is 5.33. The zero-order chi connectivity index (χ0) is 26.2. The molecular formula is C33H37F3O. The average molecular weight is 507 g/mol. The second kappa shape index (κ2) is 13.0. The minimum Gasteiger partial charge on any atom is -0.490 e. The Bertz CT molecular complexity index is 1190. The average Bonchev–Trinajstić information content (AvgIpc) is 2.92. The summed E-state index contributed by atoms with van der Waals surface area (Å²) < 4.78 is 49.8. The number of unbranched alkanes of at least 4 members (excludes halogenated alkanes) is 1. The number of hydrogen-bond donors (Lipinski definition) is 0. The smallest absolute Gasteiger partial charge is 0.201 e. The first-order valence-corrected chi connectivity index (χ1v) is 13.6. The molecule has 0 spiro atoms. The first kappa shape index (κ1) is 27.0. The molecule has 1 saturated carbocycles. The van der Waals surface area contributed by atoms with E-state index >= 15 is 4.39 Å². The van der Waals surface area contributed by atoms with Crippen LogP contribution in [0.4, 0.5) is 13.2 Å². The van der Waals surface area contributed by atoms with Crippen LogP contribution in [0.1, 0.15) is 76.7 Å². The van der Waals surface area contributed by atoms with Crippen LogP contribution < -0.4 is 4.74 Å². The number of ether oxygens (including phenoxy) is 1. The van der Waals surface area contributed by atoms with E-state index in [0.29, 0.717) is 12.2 Å². The normalized spacial score (nSPS) is 17.9. The van der Waals surface area contributed by atoms with Gasteiger partial charge in [0.25, 0.3) is 0 Å². The summed E-state index contributed by atoms with van der Waals surface area (Å²) in [5, 5.41) is 0. The molecule has 3 aromatic rings. The van der Waals surface area contributed by atoms with E-state index < -0.39 is 11.6 Å². The van der Waals surface area contributed by atoms with Crippen LogP contribution in [0.3, 0.4) is 0 Å². The quantitative estimate of drug-likeness (QED) is 0.196. The number of hydrogen-bond acceptors (Lipinski definition) is 1. The fraction of sp³-hybridized carbons (Fsp3) is 0.394. The molecule has 0 aliphatic heterocycles. The van der Waals surface area contributed by atoms with Gasteiger partial charge in [-0.15, -0.1) is 0 Å². The predicted molar refractivity (Wildman–Crippen MR) is 146 cm³/mol. The summed E-state index contributed by atoms with van der Waals surface area (Å²) >= 11 is 0. The monoisotopic (exact) mass is 506 g/mol. The molecule has 37 heavy (non-hydrogen) atoms. The van der Waals surface area contributed by atoms with E-state index in [2.05, 4.69) is 19.1 Å². The van der Waals surface area contributed by atoms with Crippen molar-refractivity contribution < 1.29 is 17.9 Å². The Morgan fingerprint density at radius 2 is 1.54 bits per heavy atom. The van der Waals surface area contributed by atoms with Crippen LogP contribution in [0, 0.1) is 23.4 Å². The largest absolute Gasteiger partial charge is 0.490 e. The van der Waals surface area contributed by atoms with Gasteiger partial charge in [-0.1, -0.05) is 61.9 Å². The van der Waals surface area contributed by atoms with Crippen LogP contribution in [0.5, 0.6) is 5.75 Å². The van der Waals surface area contributed by atoms with E-state index in [1.165, 1.54) is 12.5 Å². The van der Waals surface area contributed by atoms with E-state index in [4.69, 9.17) is 4.74 Å². The summed E-state index contributed by atoms with van der Waals surface area (Å²) in [4.78, 5) is 0. The van der Waals surface area contributed by atoms with Gasteiger partial charge in [-0.05, 0) is 104 Å². The third-order valence-corrected chi connectivity index (χ3v) is 7.60. The molecule has 1 aliphatic carbocycles.